The van der Waals surface area contributed by atoms with E-state index in [1.54, 1.807) is 12.3 Å². The molecule has 10 heteroatoms. The van der Waals surface area contributed by atoms with Crippen LogP contribution in [0.25, 0.3) is 5.95 Å². The van der Waals surface area contributed by atoms with Crippen molar-refractivity contribution in [1.82, 2.24) is 24.7 Å². The molecule has 0 saturated carbocycles. The Labute approximate surface area is 111 Å². The highest BCUT2D eigenvalue weighted by molar-refractivity contribution is 5.24. The average molecular weight is 288 g/mol. The average Bonchev–Trinajstić information content (AvgIpc) is 2.86. The van der Waals surface area contributed by atoms with Gasteiger partial charge in [0.25, 0.3) is 5.95 Å². The number of nitrogens with two attached hydrogens (primary N) is 1. The normalized spacial score (nSPS) is 11.6. The molecular formula is C10H11F3N6O. The van der Waals surface area contributed by atoms with Crippen molar-refractivity contribution in [3.8, 4) is 12.0 Å². The van der Waals surface area contributed by atoms with E-state index >= 15 is 0 Å². The fraction of sp³-hybridized carbons (Fsp3) is 0.400. The van der Waals surface area contributed by atoms with Crippen molar-refractivity contribution in [2.24, 2.45) is 0 Å². The summed E-state index contributed by atoms with van der Waals surface area (Å²) >= 11 is 0. The van der Waals surface area contributed by atoms with Crippen LogP contribution in [0.3, 0.4) is 0 Å². The van der Waals surface area contributed by atoms with Gasteiger partial charge in [0.2, 0.25) is 5.95 Å². The molecule has 0 aliphatic rings. The van der Waals surface area contributed by atoms with E-state index in [-0.39, 0.29) is 30.9 Å². The molecule has 0 fully saturated rings. The molecule has 2 rings (SSSR count). The van der Waals surface area contributed by atoms with Gasteiger partial charge in [-0.1, -0.05) is 0 Å². The van der Waals surface area contributed by atoms with Crippen LogP contribution in [0.2, 0.25) is 0 Å². The molecule has 0 aliphatic heterocycles. The lowest BCUT2D eigenvalue weighted by molar-refractivity contribution is -0.136. The van der Waals surface area contributed by atoms with E-state index in [9.17, 15) is 13.2 Å². The molecule has 0 spiro atoms. The zero-order valence-corrected chi connectivity index (χ0v) is 10.2. The van der Waals surface area contributed by atoms with Gasteiger partial charge in [-0.05, 0) is 12.5 Å². The number of halogens is 3. The summed E-state index contributed by atoms with van der Waals surface area (Å²) in [5.41, 5.74) is 5.48. The van der Waals surface area contributed by atoms with Crippen molar-refractivity contribution in [1.29, 1.82) is 0 Å². The molecule has 2 heterocycles. The number of nitrogens with zero attached hydrogens (tertiary/aromatic N) is 5. The molecule has 0 unspecified atom stereocenters. The van der Waals surface area contributed by atoms with Crippen LogP contribution in [0.1, 0.15) is 12.8 Å². The summed E-state index contributed by atoms with van der Waals surface area (Å²) in [6.07, 6.45) is -2.22. The number of aromatic nitrogens is 5. The highest BCUT2D eigenvalue weighted by Crippen LogP contribution is 2.21. The van der Waals surface area contributed by atoms with Gasteiger partial charge in [0, 0.05) is 18.8 Å². The van der Waals surface area contributed by atoms with Crippen LogP contribution in [0.5, 0.6) is 6.01 Å². The zero-order valence-electron chi connectivity index (χ0n) is 10.2. The highest BCUT2D eigenvalue weighted by Gasteiger charge is 2.26. The monoisotopic (exact) mass is 288 g/mol. The minimum absolute atomic E-state index is 0.101. The molecule has 0 bridgehead atoms. The second kappa shape index (κ2) is 5.72. The molecule has 0 aliphatic carbocycles. The molecule has 7 nitrogen and oxygen atoms in total. The van der Waals surface area contributed by atoms with E-state index in [2.05, 4.69) is 20.1 Å². The van der Waals surface area contributed by atoms with Gasteiger partial charge in [-0.25, -0.2) is 4.68 Å². The molecule has 0 atom stereocenters. The van der Waals surface area contributed by atoms with Crippen LogP contribution in [0.15, 0.2) is 18.5 Å². The molecular weight excluding hydrogens is 277 g/mol. The summed E-state index contributed by atoms with van der Waals surface area (Å²) in [6.45, 7) is -0.165. The van der Waals surface area contributed by atoms with Gasteiger partial charge in [-0.2, -0.15) is 33.2 Å². The van der Waals surface area contributed by atoms with Crippen molar-refractivity contribution in [2.45, 2.75) is 19.0 Å². The number of hydrogen-bond donors (Lipinski definition) is 1. The zero-order chi connectivity index (χ0) is 14.6. The lowest BCUT2D eigenvalue weighted by Gasteiger charge is -2.08. The third-order valence-electron chi connectivity index (χ3n) is 2.17. The van der Waals surface area contributed by atoms with Gasteiger partial charge in [0.05, 0.1) is 6.61 Å². The van der Waals surface area contributed by atoms with Gasteiger partial charge >= 0.3 is 12.2 Å². The third-order valence-corrected chi connectivity index (χ3v) is 2.17. The molecule has 0 radical (unpaired) electrons. The van der Waals surface area contributed by atoms with E-state index in [0.717, 1.165) is 0 Å². The molecule has 20 heavy (non-hydrogen) atoms. The fourth-order valence-electron chi connectivity index (χ4n) is 1.35. The van der Waals surface area contributed by atoms with Crippen LogP contribution in [-0.4, -0.2) is 37.5 Å². The van der Waals surface area contributed by atoms with Crippen LogP contribution in [0, 0.1) is 0 Å². The van der Waals surface area contributed by atoms with Crippen LogP contribution < -0.4 is 10.5 Å². The molecule has 2 aromatic rings. The second-order valence-corrected chi connectivity index (χ2v) is 3.79. The number of rotatable bonds is 5. The van der Waals surface area contributed by atoms with E-state index < -0.39 is 12.6 Å². The smallest absolute Gasteiger partial charge is 0.389 e. The molecule has 2 N–H and O–H groups in total. The molecule has 0 saturated heterocycles. The van der Waals surface area contributed by atoms with Crippen molar-refractivity contribution < 1.29 is 17.9 Å². The van der Waals surface area contributed by atoms with E-state index in [1.807, 2.05) is 0 Å². The maximum atomic E-state index is 12.0. The van der Waals surface area contributed by atoms with E-state index in [4.69, 9.17) is 10.5 Å². The second-order valence-electron chi connectivity index (χ2n) is 3.79. The largest absolute Gasteiger partial charge is 0.463 e. The number of alkyl halides is 3. The Morgan fingerprint density at radius 2 is 2.05 bits per heavy atom. The third kappa shape index (κ3) is 4.07. The quantitative estimate of drug-likeness (QED) is 0.835. The SMILES string of the molecule is Nc1nc(OCCCC(F)(F)F)nc(-n2cccn2)n1. The fourth-order valence-corrected chi connectivity index (χ4v) is 1.35. The lowest BCUT2D eigenvalue weighted by Crippen LogP contribution is -2.12. The van der Waals surface area contributed by atoms with Gasteiger partial charge in [0.15, 0.2) is 0 Å². The molecule has 108 valence electrons. The van der Waals surface area contributed by atoms with Crippen LogP contribution in [0.4, 0.5) is 19.1 Å². The minimum Gasteiger partial charge on any atom is -0.463 e. The Kier molecular flexibility index (Phi) is 4.01. The van der Waals surface area contributed by atoms with Gasteiger partial charge in [0.1, 0.15) is 0 Å². The Bertz CT molecular complexity index is 557. The summed E-state index contributed by atoms with van der Waals surface area (Å²) in [5.74, 6) is 0.0321. The number of anilines is 1. The van der Waals surface area contributed by atoms with Crippen molar-refractivity contribution in [2.75, 3.05) is 12.3 Å². The predicted octanol–water partition coefficient (Wildman–Crippen LogP) is 1.36. The Hall–Kier alpha value is -2.39. The van der Waals surface area contributed by atoms with Crippen molar-refractivity contribution in [3.63, 3.8) is 0 Å². The summed E-state index contributed by atoms with van der Waals surface area (Å²) in [6, 6.07) is 1.52. The predicted molar refractivity (Wildman–Crippen MR) is 62.1 cm³/mol. The number of ether oxygens (including phenoxy) is 1. The Morgan fingerprint density at radius 3 is 2.70 bits per heavy atom. The first-order valence-electron chi connectivity index (χ1n) is 5.65. The molecule has 0 aromatic carbocycles. The highest BCUT2D eigenvalue weighted by atomic mass is 19.4. The van der Waals surface area contributed by atoms with Gasteiger partial charge in [-0.3, -0.25) is 0 Å². The first-order valence-corrected chi connectivity index (χ1v) is 5.65. The standard InChI is InChI=1S/C10H11F3N6O/c11-10(12,13)3-1-6-20-9-17-7(14)16-8(18-9)19-5-2-4-15-19/h2,4-5H,1,3,6H2,(H2,14,16,17,18). The molecule has 0 amide bonds. The Morgan fingerprint density at radius 1 is 1.25 bits per heavy atom. The summed E-state index contributed by atoms with van der Waals surface area (Å²) in [4.78, 5) is 11.4. The Balaban J connectivity index is 1.98. The van der Waals surface area contributed by atoms with Crippen LogP contribution in [-0.2, 0) is 0 Å². The minimum atomic E-state index is -4.21. The van der Waals surface area contributed by atoms with Crippen molar-refractivity contribution >= 4 is 5.95 Å². The maximum absolute atomic E-state index is 12.0. The van der Waals surface area contributed by atoms with E-state index in [0.29, 0.717) is 0 Å². The van der Waals surface area contributed by atoms with Crippen LogP contribution >= 0.6 is 0 Å². The van der Waals surface area contributed by atoms with Crippen molar-refractivity contribution in [3.05, 3.63) is 18.5 Å². The lowest BCUT2D eigenvalue weighted by atomic mass is 10.3. The number of nitrogen functional groups attached to an aromatic ring is 1. The summed E-state index contributed by atoms with van der Waals surface area (Å²) in [5, 5.41) is 3.90. The first kappa shape index (κ1) is 14.0. The first-order chi connectivity index (χ1) is 9.44. The van der Waals surface area contributed by atoms with Gasteiger partial charge in [-0.15, -0.1) is 0 Å². The maximum Gasteiger partial charge on any atom is 0.389 e. The topological polar surface area (TPSA) is 91.7 Å². The molecule has 2 aromatic heterocycles. The summed E-state index contributed by atoms with van der Waals surface area (Å²) < 4.78 is 42.3. The number of hydrogen-bond acceptors (Lipinski definition) is 6. The van der Waals surface area contributed by atoms with Gasteiger partial charge < -0.3 is 10.5 Å². The summed E-state index contributed by atoms with van der Waals surface area (Å²) in [7, 11) is 0. The van der Waals surface area contributed by atoms with E-state index in [1.165, 1.54) is 10.9 Å².